The van der Waals surface area contributed by atoms with Gasteiger partial charge in [0.1, 0.15) is 0 Å². The SMILES string of the molecule is C[C@@H]1CN(C(=O)C23CC4CC(CC(C)(C4)C2)C3)CCN1. The summed E-state index contributed by atoms with van der Waals surface area (Å²) in [5.74, 6) is 2.18. The molecule has 0 aromatic heterocycles. The van der Waals surface area contributed by atoms with Crippen molar-refractivity contribution in [1.29, 1.82) is 0 Å². The molecule has 3 atom stereocenters. The molecule has 5 rings (SSSR count). The van der Waals surface area contributed by atoms with Crippen molar-refractivity contribution in [2.45, 2.75) is 58.4 Å². The van der Waals surface area contributed by atoms with Crippen LogP contribution in [0.3, 0.4) is 0 Å². The van der Waals surface area contributed by atoms with E-state index < -0.39 is 0 Å². The first-order valence-electron chi connectivity index (χ1n) is 8.51. The summed E-state index contributed by atoms with van der Waals surface area (Å²) >= 11 is 0. The molecule has 0 aromatic carbocycles. The molecule has 4 bridgehead atoms. The minimum absolute atomic E-state index is 0.0237. The van der Waals surface area contributed by atoms with Gasteiger partial charge in [0, 0.05) is 25.7 Å². The van der Waals surface area contributed by atoms with Crippen LogP contribution in [-0.2, 0) is 4.79 Å². The first kappa shape index (κ1) is 13.1. The van der Waals surface area contributed by atoms with Gasteiger partial charge in [-0.2, -0.15) is 0 Å². The Hall–Kier alpha value is -0.570. The van der Waals surface area contributed by atoms with Crippen molar-refractivity contribution in [3.63, 3.8) is 0 Å². The Morgan fingerprint density at radius 3 is 2.50 bits per heavy atom. The number of piperazine rings is 1. The molecule has 4 saturated carbocycles. The van der Waals surface area contributed by atoms with Crippen molar-refractivity contribution in [1.82, 2.24) is 10.2 Å². The highest BCUT2D eigenvalue weighted by atomic mass is 16.2. The summed E-state index contributed by atoms with van der Waals surface area (Å²) in [4.78, 5) is 15.4. The van der Waals surface area contributed by atoms with Gasteiger partial charge in [-0.25, -0.2) is 0 Å². The van der Waals surface area contributed by atoms with Crippen molar-refractivity contribution >= 4 is 5.91 Å². The monoisotopic (exact) mass is 276 g/mol. The second kappa shape index (κ2) is 4.22. The van der Waals surface area contributed by atoms with Gasteiger partial charge in [-0.15, -0.1) is 0 Å². The normalized spacial score (nSPS) is 50.5. The molecule has 1 heterocycles. The number of carbonyl (C=O) groups excluding carboxylic acids is 1. The molecule has 0 aromatic rings. The molecular weight excluding hydrogens is 248 g/mol. The highest BCUT2D eigenvalue weighted by molar-refractivity contribution is 5.83. The maximum absolute atomic E-state index is 13.2. The quantitative estimate of drug-likeness (QED) is 0.797. The van der Waals surface area contributed by atoms with E-state index in [1.807, 2.05) is 0 Å². The van der Waals surface area contributed by atoms with Crippen LogP contribution < -0.4 is 5.32 Å². The van der Waals surface area contributed by atoms with Gasteiger partial charge in [0.05, 0.1) is 5.41 Å². The molecule has 3 nitrogen and oxygen atoms in total. The maximum atomic E-state index is 13.2. The Balaban J connectivity index is 1.59. The van der Waals surface area contributed by atoms with Crippen molar-refractivity contribution < 1.29 is 4.79 Å². The fourth-order valence-corrected chi connectivity index (χ4v) is 6.42. The van der Waals surface area contributed by atoms with Crippen LogP contribution in [0.2, 0.25) is 0 Å². The van der Waals surface area contributed by atoms with Crippen LogP contribution in [0, 0.1) is 22.7 Å². The molecule has 20 heavy (non-hydrogen) atoms. The highest BCUT2D eigenvalue weighted by Gasteiger charge is 2.59. The number of nitrogens with one attached hydrogen (secondary N) is 1. The Labute approximate surface area is 122 Å². The van der Waals surface area contributed by atoms with Gasteiger partial charge < -0.3 is 10.2 Å². The number of carbonyl (C=O) groups is 1. The van der Waals surface area contributed by atoms with E-state index in [-0.39, 0.29) is 5.41 Å². The van der Waals surface area contributed by atoms with Crippen LogP contribution in [0.5, 0.6) is 0 Å². The van der Waals surface area contributed by atoms with E-state index in [4.69, 9.17) is 0 Å². The molecule has 5 aliphatic rings. The summed E-state index contributed by atoms with van der Waals surface area (Å²) in [5, 5.41) is 3.45. The van der Waals surface area contributed by atoms with Gasteiger partial charge in [-0.3, -0.25) is 4.79 Å². The average molecular weight is 276 g/mol. The third-order valence-electron chi connectivity index (χ3n) is 6.46. The summed E-state index contributed by atoms with van der Waals surface area (Å²) in [5.41, 5.74) is 0.495. The number of hydrogen-bond acceptors (Lipinski definition) is 2. The number of rotatable bonds is 1. The predicted molar refractivity (Wildman–Crippen MR) is 79.3 cm³/mol. The van der Waals surface area contributed by atoms with Crippen molar-refractivity contribution in [2.24, 2.45) is 22.7 Å². The lowest BCUT2D eigenvalue weighted by atomic mass is 9.44. The van der Waals surface area contributed by atoms with Gasteiger partial charge >= 0.3 is 0 Å². The van der Waals surface area contributed by atoms with E-state index in [0.717, 1.165) is 31.5 Å². The molecule has 1 saturated heterocycles. The molecule has 1 N–H and O–H groups in total. The highest BCUT2D eigenvalue weighted by Crippen LogP contribution is 2.65. The van der Waals surface area contributed by atoms with Crippen molar-refractivity contribution in [2.75, 3.05) is 19.6 Å². The van der Waals surface area contributed by atoms with Gasteiger partial charge in [0.15, 0.2) is 0 Å². The first-order chi connectivity index (χ1) is 9.48. The maximum Gasteiger partial charge on any atom is 0.228 e. The zero-order chi connectivity index (χ0) is 14.0. The number of amides is 1. The van der Waals surface area contributed by atoms with Crippen LogP contribution in [0.4, 0.5) is 0 Å². The Kier molecular flexibility index (Phi) is 2.77. The van der Waals surface area contributed by atoms with Crippen LogP contribution in [0.15, 0.2) is 0 Å². The topological polar surface area (TPSA) is 32.3 Å². The van der Waals surface area contributed by atoms with Crippen molar-refractivity contribution in [3.05, 3.63) is 0 Å². The smallest absolute Gasteiger partial charge is 0.228 e. The molecule has 1 aliphatic heterocycles. The number of hydrogen-bond donors (Lipinski definition) is 1. The van der Waals surface area contributed by atoms with Crippen LogP contribution in [-0.4, -0.2) is 36.5 Å². The Bertz CT molecular complexity index is 419. The van der Waals surface area contributed by atoms with Gasteiger partial charge in [-0.1, -0.05) is 6.92 Å². The minimum atomic E-state index is 0.0237. The van der Waals surface area contributed by atoms with E-state index in [1.165, 1.54) is 38.5 Å². The first-order valence-corrected chi connectivity index (χ1v) is 8.51. The summed E-state index contributed by atoms with van der Waals surface area (Å²) in [7, 11) is 0. The second-order valence-electron chi connectivity index (χ2n) is 8.66. The molecule has 3 heteroatoms. The molecule has 112 valence electrons. The average Bonchev–Trinajstić information content (AvgIpc) is 2.35. The molecule has 0 spiro atoms. The van der Waals surface area contributed by atoms with Crippen molar-refractivity contribution in [3.8, 4) is 0 Å². The summed E-state index contributed by atoms with van der Waals surface area (Å²) in [6, 6.07) is 0.456. The molecule has 2 unspecified atom stereocenters. The van der Waals surface area contributed by atoms with E-state index in [9.17, 15) is 4.79 Å². The molecule has 1 amide bonds. The third kappa shape index (κ3) is 1.93. The summed E-state index contributed by atoms with van der Waals surface area (Å²) in [6.45, 7) is 7.43. The minimum Gasteiger partial charge on any atom is -0.339 e. The Morgan fingerprint density at radius 2 is 1.90 bits per heavy atom. The van der Waals surface area contributed by atoms with E-state index in [2.05, 4.69) is 24.1 Å². The molecule has 5 fully saturated rings. The van der Waals surface area contributed by atoms with Gasteiger partial charge in [0.25, 0.3) is 0 Å². The van der Waals surface area contributed by atoms with E-state index >= 15 is 0 Å². The largest absolute Gasteiger partial charge is 0.339 e. The molecule has 0 radical (unpaired) electrons. The lowest BCUT2D eigenvalue weighted by molar-refractivity contribution is -0.167. The van der Waals surface area contributed by atoms with Crippen LogP contribution in [0.1, 0.15) is 52.4 Å². The fraction of sp³-hybridized carbons (Fsp3) is 0.941. The number of nitrogens with zero attached hydrogens (tertiary/aromatic N) is 1. The molecular formula is C17H28N2O. The zero-order valence-electron chi connectivity index (χ0n) is 13.0. The summed E-state index contributed by atoms with van der Waals surface area (Å²) in [6.07, 6.45) is 7.73. The van der Waals surface area contributed by atoms with Crippen LogP contribution in [0.25, 0.3) is 0 Å². The van der Waals surface area contributed by atoms with E-state index in [0.29, 0.717) is 17.4 Å². The van der Waals surface area contributed by atoms with E-state index in [1.54, 1.807) is 0 Å². The standard InChI is InChI=1S/C17H28N2O/c1-12-10-19(4-3-18-12)15(20)17-8-13-5-14(9-17)7-16(2,6-13)11-17/h12-14,18H,3-11H2,1-2H3/t12-,13?,14?,16?,17?/m1/s1. The Morgan fingerprint density at radius 1 is 1.20 bits per heavy atom. The van der Waals surface area contributed by atoms with Crippen LogP contribution >= 0.6 is 0 Å². The van der Waals surface area contributed by atoms with Gasteiger partial charge in [-0.05, 0) is 62.7 Å². The molecule has 4 aliphatic carbocycles. The second-order valence-corrected chi connectivity index (χ2v) is 8.66. The van der Waals surface area contributed by atoms with Gasteiger partial charge in [0.2, 0.25) is 5.91 Å². The predicted octanol–water partition coefficient (Wildman–Crippen LogP) is 2.41. The lowest BCUT2D eigenvalue weighted by Gasteiger charge is -2.61. The third-order valence-corrected chi connectivity index (χ3v) is 6.46. The fourth-order valence-electron chi connectivity index (χ4n) is 6.42. The zero-order valence-corrected chi connectivity index (χ0v) is 13.0. The summed E-state index contributed by atoms with van der Waals surface area (Å²) < 4.78 is 0. The lowest BCUT2D eigenvalue weighted by Crippen LogP contribution is -2.60.